The number of carboxylic acids is 1. The molecule has 1 aliphatic heterocycles. The molecule has 1 unspecified atom stereocenters. The highest BCUT2D eigenvalue weighted by molar-refractivity contribution is 7.89. The predicted octanol–water partition coefficient (Wildman–Crippen LogP) is 0.346. The maximum atomic E-state index is 12.4. The van der Waals surface area contributed by atoms with Gasteiger partial charge in [0.25, 0.3) is 10.0 Å². The molecule has 1 atom stereocenters. The van der Waals surface area contributed by atoms with Gasteiger partial charge in [-0.05, 0) is 26.7 Å². The molecule has 18 heavy (non-hydrogen) atoms. The molecule has 1 aliphatic rings. The second-order valence-electron chi connectivity index (χ2n) is 4.59. The molecule has 2 rings (SSSR count). The summed E-state index contributed by atoms with van der Waals surface area (Å²) in [6.45, 7) is 3.28. The summed E-state index contributed by atoms with van der Waals surface area (Å²) in [5.41, 5.74) is -1.38. The van der Waals surface area contributed by atoms with Gasteiger partial charge in [-0.1, -0.05) is 0 Å². The highest BCUT2D eigenvalue weighted by atomic mass is 32.2. The quantitative estimate of drug-likeness (QED) is 0.826. The van der Waals surface area contributed by atoms with Crippen LogP contribution < -0.4 is 0 Å². The van der Waals surface area contributed by atoms with E-state index in [0.29, 0.717) is 18.7 Å². The number of aromatic amines is 1. The zero-order chi connectivity index (χ0) is 13.6. The number of nitrogens with one attached hydrogen (secondary N) is 1. The van der Waals surface area contributed by atoms with Crippen molar-refractivity contribution in [3.63, 3.8) is 0 Å². The van der Waals surface area contributed by atoms with Gasteiger partial charge in [0.05, 0.1) is 6.20 Å². The van der Waals surface area contributed by atoms with Crippen LogP contribution in [0.15, 0.2) is 11.2 Å². The maximum Gasteiger partial charge on any atom is 0.324 e. The van der Waals surface area contributed by atoms with Gasteiger partial charge < -0.3 is 10.1 Å². The van der Waals surface area contributed by atoms with Crippen molar-refractivity contribution in [1.29, 1.82) is 0 Å². The van der Waals surface area contributed by atoms with E-state index >= 15 is 0 Å². The van der Waals surface area contributed by atoms with E-state index in [-0.39, 0.29) is 11.6 Å². The van der Waals surface area contributed by atoms with E-state index in [4.69, 9.17) is 0 Å². The predicted molar refractivity (Wildman–Crippen MR) is 62.5 cm³/mol. The molecule has 1 fully saturated rings. The standard InChI is InChI=1S/C10H15N3O4S/c1-7-11-6-8(12-7)18(16,17)13-5-3-4-10(13,2)9(14)15/h6H,3-5H2,1-2H3,(H,11,12)(H,14,15). The second kappa shape index (κ2) is 4.06. The number of rotatable bonds is 3. The molecule has 1 saturated heterocycles. The Morgan fingerprint density at radius 1 is 1.61 bits per heavy atom. The third-order valence-corrected chi connectivity index (χ3v) is 5.21. The summed E-state index contributed by atoms with van der Waals surface area (Å²) in [5, 5.41) is 9.17. The van der Waals surface area contributed by atoms with Crippen LogP contribution in [0.3, 0.4) is 0 Å². The lowest BCUT2D eigenvalue weighted by molar-refractivity contribution is -0.146. The van der Waals surface area contributed by atoms with Crippen molar-refractivity contribution in [2.24, 2.45) is 0 Å². The van der Waals surface area contributed by atoms with Crippen LogP contribution in [0, 0.1) is 6.92 Å². The summed E-state index contributed by atoms with van der Waals surface area (Å²) in [5.74, 6) is -0.649. The van der Waals surface area contributed by atoms with Crippen molar-refractivity contribution in [2.75, 3.05) is 6.54 Å². The Balaban J connectivity index is 2.45. The van der Waals surface area contributed by atoms with Crippen LogP contribution in [0.25, 0.3) is 0 Å². The normalized spacial score (nSPS) is 25.4. The van der Waals surface area contributed by atoms with Crippen molar-refractivity contribution < 1.29 is 18.3 Å². The maximum absolute atomic E-state index is 12.4. The van der Waals surface area contributed by atoms with Crippen molar-refractivity contribution in [1.82, 2.24) is 14.3 Å². The van der Waals surface area contributed by atoms with Gasteiger partial charge >= 0.3 is 5.97 Å². The van der Waals surface area contributed by atoms with E-state index in [1.54, 1.807) is 6.92 Å². The number of imidazole rings is 1. The third-order valence-electron chi connectivity index (χ3n) is 3.28. The van der Waals surface area contributed by atoms with Crippen LogP contribution in [-0.4, -0.2) is 45.9 Å². The monoisotopic (exact) mass is 273 g/mol. The Morgan fingerprint density at radius 3 is 2.78 bits per heavy atom. The lowest BCUT2D eigenvalue weighted by Gasteiger charge is -2.29. The van der Waals surface area contributed by atoms with Crippen LogP contribution in [0.5, 0.6) is 0 Å². The van der Waals surface area contributed by atoms with Crippen LogP contribution in [0.2, 0.25) is 0 Å². The minimum absolute atomic E-state index is 0.0608. The fourth-order valence-electron chi connectivity index (χ4n) is 2.19. The number of aryl methyl sites for hydroxylation is 1. The highest BCUT2D eigenvalue weighted by Gasteiger charge is 2.50. The minimum Gasteiger partial charge on any atom is -0.480 e. The highest BCUT2D eigenvalue weighted by Crippen LogP contribution is 2.34. The molecule has 0 bridgehead atoms. The molecule has 1 aromatic heterocycles. The number of carboxylic acid groups (broad SMARTS) is 1. The molecule has 0 aromatic carbocycles. The van der Waals surface area contributed by atoms with E-state index in [2.05, 4.69) is 9.97 Å². The Hall–Kier alpha value is -1.41. The summed E-state index contributed by atoms with van der Waals surface area (Å²) < 4.78 is 25.8. The summed E-state index contributed by atoms with van der Waals surface area (Å²) in [6, 6.07) is 0. The van der Waals surface area contributed by atoms with Gasteiger partial charge in [-0.15, -0.1) is 0 Å². The van der Waals surface area contributed by atoms with Crippen molar-refractivity contribution in [3.8, 4) is 0 Å². The average Bonchev–Trinajstić information content (AvgIpc) is 2.85. The van der Waals surface area contributed by atoms with E-state index in [9.17, 15) is 18.3 Å². The number of hydrogen-bond acceptors (Lipinski definition) is 4. The van der Waals surface area contributed by atoms with Crippen LogP contribution in [0.1, 0.15) is 25.6 Å². The fourth-order valence-corrected chi connectivity index (χ4v) is 3.95. The summed E-state index contributed by atoms with van der Waals surface area (Å²) in [4.78, 5) is 17.8. The number of carbonyl (C=O) groups is 1. The first-order valence-electron chi connectivity index (χ1n) is 5.56. The van der Waals surface area contributed by atoms with Gasteiger partial charge in [-0.2, -0.15) is 4.31 Å². The molecular weight excluding hydrogens is 258 g/mol. The molecular formula is C10H15N3O4S. The number of sulfonamides is 1. The number of aromatic nitrogens is 2. The molecule has 1 aromatic rings. The van der Waals surface area contributed by atoms with Crippen LogP contribution >= 0.6 is 0 Å². The zero-order valence-corrected chi connectivity index (χ0v) is 11.0. The Labute approximate surface area is 105 Å². The van der Waals surface area contributed by atoms with E-state index in [1.165, 1.54) is 13.1 Å². The van der Waals surface area contributed by atoms with Gasteiger partial charge in [0, 0.05) is 6.54 Å². The number of hydrogen-bond donors (Lipinski definition) is 2. The van der Waals surface area contributed by atoms with Gasteiger partial charge in [0.1, 0.15) is 11.4 Å². The smallest absolute Gasteiger partial charge is 0.324 e. The number of H-pyrrole nitrogens is 1. The Kier molecular flexibility index (Phi) is 2.94. The molecule has 0 aliphatic carbocycles. The summed E-state index contributed by atoms with van der Waals surface area (Å²) in [7, 11) is -3.84. The number of aliphatic carboxylic acids is 1. The Bertz CT molecular complexity index is 580. The first kappa shape index (κ1) is 13.0. The minimum atomic E-state index is -3.84. The van der Waals surface area contributed by atoms with Crippen LogP contribution in [-0.2, 0) is 14.8 Å². The Morgan fingerprint density at radius 2 is 2.28 bits per heavy atom. The molecule has 2 N–H and O–H groups in total. The molecule has 0 radical (unpaired) electrons. The van der Waals surface area contributed by atoms with Crippen LogP contribution in [0.4, 0.5) is 0 Å². The first-order valence-corrected chi connectivity index (χ1v) is 7.00. The largest absolute Gasteiger partial charge is 0.480 e. The molecule has 8 heteroatoms. The first-order chi connectivity index (χ1) is 8.28. The van der Waals surface area contributed by atoms with Gasteiger partial charge in [-0.25, -0.2) is 13.4 Å². The molecule has 0 saturated carbocycles. The lowest BCUT2D eigenvalue weighted by Crippen LogP contribution is -2.50. The van der Waals surface area contributed by atoms with E-state index in [1.807, 2.05) is 0 Å². The molecule has 2 heterocycles. The second-order valence-corrected chi connectivity index (χ2v) is 6.42. The zero-order valence-electron chi connectivity index (χ0n) is 10.2. The lowest BCUT2D eigenvalue weighted by atomic mass is 10.0. The fraction of sp³-hybridized carbons (Fsp3) is 0.600. The summed E-state index contributed by atoms with van der Waals surface area (Å²) in [6.07, 6.45) is 2.06. The van der Waals surface area contributed by atoms with Crippen molar-refractivity contribution in [3.05, 3.63) is 12.0 Å². The molecule has 100 valence electrons. The van der Waals surface area contributed by atoms with Gasteiger partial charge in [0.2, 0.25) is 0 Å². The number of nitrogens with zero attached hydrogens (tertiary/aromatic N) is 2. The van der Waals surface area contributed by atoms with Crippen molar-refractivity contribution in [2.45, 2.75) is 37.3 Å². The topological polar surface area (TPSA) is 103 Å². The third kappa shape index (κ3) is 1.81. The molecule has 0 spiro atoms. The SMILES string of the molecule is Cc1ncc(S(=O)(=O)N2CCCC2(C)C(=O)O)[nH]1. The summed E-state index contributed by atoms with van der Waals surface area (Å²) >= 11 is 0. The average molecular weight is 273 g/mol. The molecule has 7 nitrogen and oxygen atoms in total. The van der Waals surface area contributed by atoms with Gasteiger partial charge in [0.15, 0.2) is 5.03 Å². The van der Waals surface area contributed by atoms with E-state index in [0.717, 1.165) is 4.31 Å². The van der Waals surface area contributed by atoms with Gasteiger partial charge in [-0.3, -0.25) is 4.79 Å². The molecule has 0 amide bonds. The van der Waals surface area contributed by atoms with E-state index < -0.39 is 21.5 Å². The van der Waals surface area contributed by atoms with Crippen molar-refractivity contribution >= 4 is 16.0 Å².